The SMILES string of the molecule is O=C(O)C(CCN1OCc2ccccc2C1=O)C(O)CCc1ccc(-c2ccc(O)cc2)cc1. The van der Waals surface area contributed by atoms with Crippen molar-refractivity contribution in [1.29, 1.82) is 0 Å². The Balaban J connectivity index is 1.32. The van der Waals surface area contributed by atoms with Gasteiger partial charge in [0.2, 0.25) is 0 Å². The molecule has 0 radical (unpaired) electrons. The molecule has 1 amide bonds. The number of fused-ring (bicyclic) bond motifs is 1. The van der Waals surface area contributed by atoms with Crippen molar-refractivity contribution >= 4 is 11.9 Å². The number of carbonyl (C=O) groups excluding carboxylic acids is 1. The quantitative estimate of drug-likeness (QED) is 0.444. The Morgan fingerprint density at radius 1 is 0.941 bits per heavy atom. The van der Waals surface area contributed by atoms with Crippen molar-refractivity contribution in [3.8, 4) is 16.9 Å². The fraction of sp³-hybridized carbons (Fsp3) is 0.259. The number of carbonyl (C=O) groups is 2. The topological polar surface area (TPSA) is 107 Å². The summed E-state index contributed by atoms with van der Waals surface area (Å²) in [6.45, 7) is 0.338. The summed E-state index contributed by atoms with van der Waals surface area (Å²) in [5.41, 5.74) is 4.32. The Morgan fingerprint density at radius 2 is 1.59 bits per heavy atom. The van der Waals surface area contributed by atoms with Crippen LogP contribution in [0, 0.1) is 5.92 Å². The van der Waals surface area contributed by atoms with Gasteiger partial charge in [0.15, 0.2) is 0 Å². The van der Waals surface area contributed by atoms with E-state index < -0.39 is 18.0 Å². The van der Waals surface area contributed by atoms with Crippen LogP contribution in [-0.2, 0) is 22.7 Å². The minimum Gasteiger partial charge on any atom is -0.508 e. The van der Waals surface area contributed by atoms with E-state index in [0.29, 0.717) is 12.0 Å². The first kappa shape index (κ1) is 23.5. The molecule has 3 aromatic carbocycles. The van der Waals surface area contributed by atoms with Gasteiger partial charge in [0, 0.05) is 12.1 Å². The summed E-state index contributed by atoms with van der Waals surface area (Å²) < 4.78 is 0. The van der Waals surface area contributed by atoms with Gasteiger partial charge in [-0.05, 0) is 59.7 Å². The molecule has 0 bridgehead atoms. The van der Waals surface area contributed by atoms with Crippen molar-refractivity contribution in [3.05, 3.63) is 89.5 Å². The smallest absolute Gasteiger partial charge is 0.309 e. The standard InChI is InChI=1S/C27H27NO6/c29-22-12-10-20(11-13-22)19-8-5-18(6-9-19)7-14-25(30)24(27(32)33)15-16-28-26(31)23-4-2-1-3-21(23)17-34-28/h1-6,8-13,24-25,29-30H,7,14-17H2,(H,32,33). The van der Waals surface area contributed by atoms with Crippen LogP contribution >= 0.6 is 0 Å². The summed E-state index contributed by atoms with van der Waals surface area (Å²) in [5.74, 6) is -2.19. The lowest BCUT2D eigenvalue weighted by Gasteiger charge is -2.29. The second-order valence-corrected chi connectivity index (χ2v) is 8.42. The van der Waals surface area contributed by atoms with E-state index in [1.54, 1.807) is 24.3 Å². The van der Waals surface area contributed by atoms with Crippen LogP contribution in [0.3, 0.4) is 0 Å². The third kappa shape index (κ3) is 5.44. The fourth-order valence-corrected chi connectivity index (χ4v) is 4.13. The molecule has 3 aromatic rings. The Labute approximate surface area is 197 Å². The largest absolute Gasteiger partial charge is 0.508 e. The van der Waals surface area contributed by atoms with E-state index in [9.17, 15) is 24.9 Å². The Morgan fingerprint density at radius 3 is 2.26 bits per heavy atom. The first-order valence-corrected chi connectivity index (χ1v) is 11.2. The fourth-order valence-electron chi connectivity index (χ4n) is 4.13. The summed E-state index contributed by atoms with van der Waals surface area (Å²) in [4.78, 5) is 29.9. The molecule has 0 aromatic heterocycles. The molecule has 0 saturated heterocycles. The number of benzene rings is 3. The highest BCUT2D eigenvalue weighted by atomic mass is 16.7. The Bertz CT molecular complexity index is 1140. The minimum absolute atomic E-state index is 0.0858. The number of hydrogen-bond donors (Lipinski definition) is 3. The molecule has 34 heavy (non-hydrogen) atoms. The molecule has 0 aliphatic carbocycles. The predicted octanol–water partition coefficient (Wildman–Crippen LogP) is 4.03. The van der Waals surface area contributed by atoms with Gasteiger partial charge in [-0.1, -0.05) is 54.6 Å². The van der Waals surface area contributed by atoms with E-state index in [-0.39, 0.29) is 37.6 Å². The molecular formula is C27H27NO6. The highest BCUT2D eigenvalue weighted by Crippen LogP contribution is 2.24. The second kappa shape index (κ2) is 10.5. The van der Waals surface area contributed by atoms with E-state index in [0.717, 1.165) is 22.3 Å². The number of aliphatic hydroxyl groups is 1. The van der Waals surface area contributed by atoms with Crippen molar-refractivity contribution < 1.29 is 29.7 Å². The maximum Gasteiger partial charge on any atom is 0.309 e. The monoisotopic (exact) mass is 461 g/mol. The molecule has 0 saturated carbocycles. The first-order valence-electron chi connectivity index (χ1n) is 11.2. The van der Waals surface area contributed by atoms with Crippen molar-refractivity contribution in [2.75, 3.05) is 6.54 Å². The molecule has 4 rings (SSSR count). The van der Waals surface area contributed by atoms with Gasteiger partial charge in [0.05, 0.1) is 12.0 Å². The van der Waals surface area contributed by atoms with E-state index in [1.807, 2.05) is 48.5 Å². The average molecular weight is 462 g/mol. The molecule has 7 heteroatoms. The molecule has 7 nitrogen and oxygen atoms in total. The van der Waals surface area contributed by atoms with E-state index >= 15 is 0 Å². The number of aromatic hydroxyl groups is 1. The van der Waals surface area contributed by atoms with Gasteiger partial charge in [-0.3, -0.25) is 14.4 Å². The summed E-state index contributed by atoms with van der Waals surface area (Å²) >= 11 is 0. The van der Waals surface area contributed by atoms with Crippen LogP contribution in [0.4, 0.5) is 0 Å². The number of aryl methyl sites for hydroxylation is 1. The predicted molar refractivity (Wildman–Crippen MR) is 126 cm³/mol. The van der Waals surface area contributed by atoms with Gasteiger partial charge in [0.25, 0.3) is 5.91 Å². The van der Waals surface area contributed by atoms with Crippen LogP contribution in [0.15, 0.2) is 72.8 Å². The van der Waals surface area contributed by atoms with E-state index in [4.69, 9.17) is 4.84 Å². The molecule has 0 fully saturated rings. The number of rotatable bonds is 9. The lowest BCUT2D eigenvalue weighted by atomic mass is 9.93. The number of aliphatic hydroxyl groups excluding tert-OH is 1. The third-order valence-corrected chi connectivity index (χ3v) is 6.16. The summed E-state index contributed by atoms with van der Waals surface area (Å²) in [5, 5.41) is 30.9. The van der Waals surface area contributed by atoms with Crippen LogP contribution < -0.4 is 0 Å². The van der Waals surface area contributed by atoms with E-state index in [2.05, 4.69) is 0 Å². The summed E-state index contributed by atoms with van der Waals surface area (Å²) in [6, 6.07) is 21.9. The number of phenols is 1. The average Bonchev–Trinajstić information content (AvgIpc) is 2.85. The minimum atomic E-state index is -1.10. The van der Waals surface area contributed by atoms with Gasteiger partial charge in [-0.25, -0.2) is 5.06 Å². The molecule has 1 aliphatic heterocycles. The molecule has 0 spiro atoms. The maximum absolute atomic E-state index is 12.6. The van der Waals surface area contributed by atoms with Gasteiger partial charge in [0.1, 0.15) is 12.4 Å². The Hall–Kier alpha value is -3.68. The molecule has 2 atom stereocenters. The molecule has 1 heterocycles. The normalized spacial score (nSPS) is 15.0. The van der Waals surface area contributed by atoms with E-state index in [1.165, 1.54) is 5.06 Å². The molecule has 3 N–H and O–H groups in total. The van der Waals surface area contributed by atoms with Crippen LogP contribution in [-0.4, -0.2) is 44.9 Å². The third-order valence-electron chi connectivity index (χ3n) is 6.16. The summed E-state index contributed by atoms with van der Waals surface area (Å²) in [7, 11) is 0. The van der Waals surface area contributed by atoms with Crippen LogP contribution in [0.1, 0.15) is 34.3 Å². The Kier molecular flexibility index (Phi) is 7.25. The maximum atomic E-state index is 12.6. The van der Waals surface area contributed by atoms with Crippen molar-refractivity contribution in [2.24, 2.45) is 5.92 Å². The number of amides is 1. The van der Waals surface area contributed by atoms with Crippen molar-refractivity contribution in [3.63, 3.8) is 0 Å². The zero-order chi connectivity index (χ0) is 24.1. The zero-order valence-corrected chi connectivity index (χ0v) is 18.6. The van der Waals surface area contributed by atoms with Crippen molar-refractivity contribution in [2.45, 2.75) is 32.0 Å². The van der Waals surface area contributed by atoms with Gasteiger partial charge in [-0.2, -0.15) is 0 Å². The zero-order valence-electron chi connectivity index (χ0n) is 18.6. The second-order valence-electron chi connectivity index (χ2n) is 8.42. The van der Waals surface area contributed by atoms with Crippen LogP contribution in [0.5, 0.6) is 5.75 Å². The number of carboxylic acid groups (broad SMARTS) is 1. The van der Waals surface area contributed by atoms with Gasteiger partial charge in [-0.15, -0.1) is 0 Å². The van der Waals surface area contributed by atoms with Gasteiger partial charge < -0.3 is 15.3 Å². The summed E-state index contributed by atoms with van der Waals surface area (Å²) in [6.07, 6.45) is -0.161. The molecule has 176 valence electrons. The number of nitrogens with zero attached hydrogens (tertiary/aromatic N) is 1. The number of carboxylic acids is 1. The number of hydrogen-bond acceptors (Lipinski definition) is 5. The lowest BCUT2D eigenvalue weighted by Crippen LogP contribution is -2.39. The van der Waals surface area contributed by atoms with Crippen LogP contribution in [0.25, 0.3) is 11.1 Å². The van der Waals surface area contributed by atoms with Gasteiger partial charge >= 0.3 is 5.97 Å². The number of aliphatic carboxylic acids is 1. The molecule has 1 aliphatic rings. The highest BCUT2D eigenvalue weighted by molar-refractivity contribution is 5.95. The molecule has 2 unspecified atom stereocenters. The number of phenolic OH excluding ortho intramolecular Hbond substituents is 1. The number of hydroxylamine groups is 2. The lowest BCUT2D eigenvalue weighted by molar-refractivity contribution is -0.154. The van der Waals surface area contributed by atoms with Crippen molar-refractivity contribution in [1.82, 2.24) is 5.06 Å². The molecular weight excluding hydrogens is 434 g/mol. The first-order chi connectivity index (χ1) is 16.4. The van der Waals surface area contributed by atoms with Crippen LogP contribution in [0.2, 0.25) is 0 Å². The highest BCUT2D eigenvalue weighted by Gasteiger charge is 2.30.